The molecule has 0 bridgehead atoms. The fourth-order valence-corrected chi connectivity index (χ4v) is 0.652. The average Bonchev–Trinajstić information content (AvgIpc) is 2.08. The Balaban J connectivity index is 0.000000217. The first kappa shape index (κ1) is 11.1. The van der Waals surface area contributed by atoms with Gasteiger partial charge in [0.15, 0.2) is 0 Å². The maximum atomic E-state index is 4.69. The molecule has 0 aliphatic heterocycles. The highest BCUT2D eigenvalue weighted by Gasteiger charge is 1.73. The molecule has 2 heteroatoms. The number of methoxy groups -OCH3 is 1. The Morgan fingerprint density at radius 2 is 2.25 bits per heavy atom. The normalized spacial score (nSPS) is 8.58. The monoisotopic (exact) mass is 167 g/mol. The molecule has 0 N–H and O–H groups in total. The summed E-state index contributed by atoms with van der Waals surface area (Å²) in [6.07, 6.45) is 4.73. The lowest BCUT2D eigenvalue weighted by Crippen LogP contribution is -1.80. The Bertz CT molecular complexity index is 172. The first-order chi connectivity index (χ1) is 5.81. The summed E-state index contributed by atoms with van der Waals surface area (Å²) in [5.41, 5.74) is 1.21. The van der Waals surface area contributed by atoms with Gasteiger partial charge in [-0.2, -0.15) is 0 Å². The molecule has 1 heterocycles. The summed E-state index contributed by atoms with van der Waals surface area (Å²) >= 11 is 0. The topological polar surface area (TPSA) is 22.1 Å². The molecule has 2 nitrogen and oxygen atoms in total. The zero-order chi connectivity index (χ0) is 9.23. The minimum absolute atomic E-state index is 0.889. The number of nitrogens with zero attached hydrogens (tertiary/aromatic N) is 1. The number of aryl methyl sites for hydroxylation is 1. The zero-order valence-corrected chi connectivity index (χ0v) is 8.08. The SMILES string of the molecule is CCCOC.Cc1cccnc1. The molecule has 1 aromatic heterocycles. The number of pyridine rings is 1. The van der Waals surface area contributed by atoms with Crippen molar-refractivity contribution >= 4 is 0 Å². The summed E-state index contributed by atoms with van der Waals surface area (Å²) in [4.78, 5) is 3.88. The molecule has 1 rings (SSSR count). The molecule has 0 aliphatic rings. The maximum Gasteiger partial charge on any atom is 0.0459 e. The number of hydrogen-bond acceptors (Lipinski definition) is 2. The van der Waals surface area contributed by atoms with Crippen LogP contribution < -0.4 is 0 Å². The molecule has 0 fully saturated rings. The maximum absolute atomic E-state index is 4.69. The second kappa shape index (κ2) is 8.21. The predicted molar refractivity (Wildman–Crippen MR) is 51.1 cm³/mol. The zero-order valence-electron chi connectivity index (χ0n) is 8.08. The van der Waals surface area contributed by atoms with Crippen molar-refractivity contribution in [2.45, 2.75) is 20.3 Å². The minimum Gasteiger partial charge on any atom is -0.385 e. The van der Waals surface area contributed by atoms with E-state index in [4.69, 9.17) is 4.74 Å². The van der Waals surface area contributed by atoms with Crippen molar-refractivity contribution in [2.24, 2.45) is 0 Å². The van der Waals surface area contributed by atoms with E-state index in [0.717, 1.165) is 13.0 Å². The van der Waals surface area contributed by atoms with Gasteiger partial charge in [-0.15, -0.1) is 0 Å². The van der Waals surface area contributed by atoms with Crippen LogP contribution in [-0.2, 0) is 4.74 Å². The molecule has 0 aliphatic carbocycles. The molecular weight excluding hydrogens is 150 g/mol. The molecule has 1 aromatic rings. The van der Waals surface area contributed by atoms with Gasteiger partial charge in [-0.25, -0.2) is 0 Å². The molecule has 0 aromatic carbocycles. The number of rotatable bonds is 2. The van der Waals surface area contributed by atoms with Crippen LogP contribution >= 0.6 is 0 Å². The van der Waals surface area contributed by atoms with E-state index in [0.29, 0.717) is 0 Å². The van der Waals surface area contributed by atoms with Gasteiger partial charge in [-0.05, 0) is 25.0 Å². The standard InChI is InChI=1S/C6H7N.C4H10O/c1-6-3-2-4-7-5-6;1-3-4-5-2/h2-5H,1H3;3-4H2,1-2H3. The molecule has 0 amide bonds. The van der Waals surface area contributed by atoms with Gasteiger partial charge < -0.3 is 4.74 Å². The van der Waals surface area contributed by atoms with Gasteiger partial charge >= 0.3 is 0 Å². The number of hydrogen-bond donors (Lipinski definition) is 0. The Morgan fingerprint density at radius 3 is 2.42 bits per heavy atom. The number of ether oxygens (including phenoxy) is 1. The van der Waals surface area contributed by atoms with Crippen molar-refractivity contribution in [1.82, 2.24) is 4.98 Å². The van der Waals surface area contributed by atoms with Gasteiger partial charge in [0.2, 0.25) is 0 Å². The van der Waals surface area contributed by atoms with Crippen molar-refractivity contribution in [2.75, 3.05) is 13.7 Å². The van der Waals surface area contributed by atoms with E-state index in [9.17, 15) is 0 Å². The molecule has 0 unspecified atom stereocenters. The largest absolute Gasteiger partial charge is 0.385 e. The summed E-state index contributed by atoms with van der Waals surface area (Å²) in [5, 5.41) is 0. The fraction of sp³-hybridized carbons (Fsp3) is 0.500. The van der Waals surface area contributed by atoms with Gasteiger partial charge in [-0.3, -0.25) is 4.98 Å². The van der Waals surface area contributed by atoms with Crippen LogP contribution in [0.1, 0.15) is 18.9 Å². The third-order valence-electron chi connectivity index (χ3n) is 1.22. The lowest BCUT2D eigenvalue weighted by Gasteiger charge is -1.84. The van der Waals surface area contributed by atoms with Crippen LogP contribution in [-0.4, -0.2) is 18.7 Å². The Hall–Kier alpha value is -0.890. The molecule has 0 radical (unpaired) electrons. The van der Waals surface area contributed by atoms with Crippen LogP contribution in [0.2, 0.25) is 0 Å². The van der Waals surface area contributed by atoms with Gasteiger partial charge in [0.1, 0.15) is 0 Å². The van der Waals surface area contributed by atoms with E-state index in [1.807, 2.05) is 25.3 Å². The van der Waals surface area contributed by atoms with Gasteiger partial charge in [-0.1, -0.05) is 13.0 Å². The van der Waals surface area contributed by atoms with Crippen molar-refractivity contribution in [1.29, 1.82) is 0 Å². The molecule has 68 valence electrons. The molecule has 12 heavy (non-hydrogen) atoms. The lowest BCUT2D eigenvalue weighted by molar-refractivity contribution is 0.199. The van der Waals surface area contributed by atoms with Crippen molar-refractivity contribution in [3.8, 4) is 0 Å². The highest BCUT2D eigenvalue weighted by molar-refractivity contribution is 5.04. The van der Waals surface area contributed by atoms with E-state index < -0.39 is 0 Å². The van der Waals surface area contributed by atoms with Crippen LogP contribution in [0.15, 0.2) is 24.5 Å². The van der Waals surface area contributed by atoms with Crippen LogP contribution in [0.5, 0.6) is 0 Å². The molecule has 0 spiro atoms. The smallest absolute Gasteiger partial charge is 0.0459 e. The van der Waals surface area contributed by atoms with Crippen molar-refractivity contribution in [3.05, 3.63) is 30.1 Å². The summed E-state index contributed by atoms with van der Waals surface area (Å²) < 4.78 is 4.69. The van der Waals surface area contributed by atoms with Crippen LogP contribution in [0.25, 0.3) is 0 Å². The number of aromatic nitrogens is 1. The first-order valence-corrected chi connectivity index (χ1v) is 4.16. The minimum atomic E-state index is 0.889. The Labute approximate surface area is 74.6 Å². The highest BCUT2D eigenvalue weighted by atomic mass is 16.5. The van der Waals surface area contributed by atoms with Crippen LogP contribution in [0, 0.1) is 6.92 Å². The van der Waals surface area contributed by atoms with Crippen LogP contribution in [0.3, 0.4) is 0 Å². The Morgan fingerprint density at radius 1 is 1.50 bits per heavy atom. The van der Waals surface area contributed by atoms with Gasteiger partial charge in [0.05, 0.1) is 0 Å². The van der Waals surface area contributed by atoms with Gasteiger partial charge in [0.25, 0.3) is 0 Å². The summed E-state index contributed by atoms with van der Waals surface area (Å²) in [5.74, 6) is 0. The Kier molecular flexibility index (Phi) is 7.60. The summed E-state index contributed by atoms with van der Waals surface area (Å²) in [7, 11) is 1.71. The van der Waals surface area contributed by atoms with Crippen LogP contribution in [0.4, 0.5) is 0 Å². The van der Waals surface area contributed by atoms with Crippen molar-refractivity contribution < 1.29 is 4.74 Å². The second-order valence-corrected chi connectivity index (χ2v) is 2.52. The van der Waals surface area contributed by atoms with Crippen molar-refractivity contribution in [3.63, 3.8) is 0 Å². The third-order valence-corrected chi connectivity index (χ3v) is 1.22. The van der Waals surface area contributed by atoms with E-state index in [1.165, 1.54) is 5.56 Å². The van der Waals surface area contributed by atoms with E-state index in [2.05, 4.69) is 11.9 Å². The predicted octanol–water partition coefficient (Wildman–Crippen LogP) is 2.43. The second-order valence-electron chi connectivity index (χ2n) is 2.52. The summed E-state index contributed by atoms with van der Waals surface area (Å²) in [6.45, 7) is 5.00. The summed E-state index contributed by atoms with van der Waals surface area (Å²) in [6, 6.07) is 3.95. The first-order valence-electron chi connectivity index (χ1n) is 4.16. The molecule has 0 atom stereocenters. The quantitative estimate of drug-likeness (QED) is 0.675. The molecule has 0 saturated carbocycles. The van der Waals surface area contributed by atoms with E-state index in [1.54, 1.807) is 13.3 Å². The lowest BCUT2D eigenvalue weighted by atomic mass is 10.3. The fourth-order valence-electron chi connectivity index (χ4n) is 0.652. The third kappa shape index (κ3) is 7.22. The molecule has 0 saturated heterocycles. The van der Waals surface area contributed by atoms with E-state index in [-0.39, 0.29) is 0 Å². The average molecular weight is 167 g/mol. The van der Waals surface area contributed by atoms with E-state index >= 15 is 0 Å². The highest BCUT2D eigenvalue weighted by Crippen LogP contribution is 1.88. The van der Waals surface area contributed by atoms with Gasteiger partial charge in [0, 0.05) is 26.1 Å². The molecular formula is C10H17NO.